The molecule has 2 aromatic carbocycles. The van der Waals surface area contributed by atoms with Crippen molar-refractivity contribution in [3.63, 3.8) is 0 Å². The Kier molecular flexibility index (Phi) is 5.01. The van der Waals surface area contributed by atoms with Crippen LogP contribution in [0.25, 0.3) is 0 Å². The van der Waals surface area contributed by atoms with Gasteiger partial charge in [0.25, 0.3) is 0 Å². The van der Waals surface area contributed by atoms with Gasteiger partial charge in [-0.2, -0.15) is 0 Å². The highest BCUT2D eigenvalue weighted by atomic mass is 32.4. The van der Waals surface area contributed by atoms with Crippen LogP contribution in [0.4, 0.5) is 0 Å². The van der Waals surface area contributed by atoms with Crippen LogP contribution in [0.3, 0.4) is 0 Å². The van der Waals surface area contributed by atoms with E-state index in [1.807, 2.05) is 48.3 Å². The largest absolute Gasteiger partial charge is 0.336 e. The minimum Gasteiger partial charge on any atom is -0.336 e. The Labute approximate surface area is 126 Å². The fourth-order valence-electron chi connectivity index (χ4n) is 1.79. The third-order valence-corrected chi connectivity index (χ3v) is 7.12. The van der Waals surface area contributed by atoms with Gasteiger partial charge in [-0.15, -0.1) is 0 Å². The van der Waals surface area contributed by atoms with Crippen LogP contribution >= 0.6 is 6.04 Å². The lowest BCUT2D eigenvalue weighted by Gasteiger charge is -2.17. The highest BCUT2D eigenvalue weighted by molar-refractivity contribution is 8.24. The third-order valence-electron chi connectivity index (χ3n) is 3.11. The van der Waals surface area contributed by atoms with E-state index in [0.717, 1.165) is 17.2 Å². The second-order valence-electron chi connectivity index (χ2n) is 4.52. The van der Waals surface area contributed by atoms with Gasteiger partial charge < -0.3 is 4.90 Å². The molecule has 0 bridgehead atoms. The van der Waals surface area contributed by atoms with Crippen molar-refractivity contribution in [2.24, 2.45) is 0 Å². The Morgan fingerprint density at radius 3 is 1.80 bits per heavy atom. The molecule has 0 N–H and O–H groups in total. The maximum absolute atomic E-state index is 6.01. The molecular formula is C17H18NPS. The normalized spacial score (nSPS) is 10.5. The molecule has 2 aromatic rings. The summed E-state index contributed by atoms with van der Waals surface area (Å²) in [5, 5.41) is 2.30. The number of hydrogen-bond donors (Lipinski definition) is 0. The summed E-state index contributed by atoms with van der Waals surface area (Å²) in [5.74, 6) is 0. The first kappa shape index (κ1) is 14.9. The van der Waals surface area contributed by atoms with Crippen molar-refractivity contribution in [2.75, 3.05) is 13.6 Å². The van der Waals surface area contributed by atoms with E-state index >= 15 is 0 Å². The van der Waals surface area contributed by atoms with Crippen LogP contribution in [0.15, 0.2) is 60.7 Å². The standard InChI is InChI=1S/C17H18NPS/c1-3-18(2)14-15-19(20,16-10-6-4-7-11-16)17-12-8-5-9-13-17/h4-13H,3H2,1-2H3. The number of hydrogen-bond acceptors (Lipinski definition) is 2. The minimum atomic E-state index is -2.06. The van der Waals surface area contributed by atoms with E-state index in [2.05, 4.69) is 42.9 Å². The lowest BCUT2D eigenvalue weighted by atomic mass is 10.4. The van der Waals surface area contributed by atoms with Gasteiger partial charge in [0.1, 0.15) is 0 Å². The monoisotopic (exact) mass is 299 g/mol. The van der Waals surface area contributed by atoms with Crippen molar-refractivity contribution in [2.45, 2.75) is 6.92 Å². The van der Waals surface area contributed by atoms with Gasteiger partial charge in [0.2, 0.25) is 0 Å². The van der Waals surface area contributed by atoms with Crippen molar-refractivity contribution < 1.29 is 0 Å². The number of nitrogens with zero attached hydrogens (tertiary/aromatic N) is 1. The summed E-state index contributed by atoms with van der Waals surface area (Å²) in [4.78, 5) is 1.98. The van der Waals surface area contributed by atoms with E-state index in [9.17, 15) is 0 Å². The first-order valence-electron chi connectivity index (χ1n) is 6.62. The Hall–Kier alpha value is -1.55. The van der Waals surface area contributed by atoms with E-state index in [-0.39, 0.29) is 0 Å². The second-order valence-corrected chi connectivity index (χ2v) is 8.64. The van der Waals surface area contributed by atoms with E-state index < -0.39 is 6.04 Å². The average molecular weight is 299 g/mol. The van der Waals surface area contributed by atoms with Gasteiger partial charge in [0.05, 0.1) is 6.04 Å². The summed E-state index contributed by atoms with van der Waals surface area (Å²) in [6.45, 7) is 2.98. The van der Waals surface area contributed by atoms with Gasteiger partial charge in [-0.1, -0.05) is 72.5 Å². The molecule has 0 saturated heterocycles. The first-order valence-corrected chi connectivity index (χ1v) is 9.42. The number of benzene rings is 2. The fourth-order valence-corrected chi connectivity index (χ4v) is 4.69. The van der Waals surface area contributed by atoms with Gasteiger partial charge in [-0.25, -0.2) is 0 Å². The number of rotatable bonds is 3. The smallest absolute Gasteiger partial charge is 0.0798 e. The zero-order valence-electron chi connectivity index (χ0n) is 11.8. The lowest BCUT2D eigenvalue weighted by Crippen LogP contribution is -2.15. The molecule has 3 heteroatoms. The van der Waals surface area contributed by atoms with Gasteiger partial charge in [-0.3, -0.25) is 0 Å². The van der Waals surface area contributed by atoms with Crippen molar-refractivity contribution in [3.05, 3.63) is 60.7 Å². The zero-order valence-corrected chi connectivity index (χ0v) is 13.5. The first-order chi connectivity index (χ1) is 9.66. The van der Waals surface area contributed by atoms with Crippen LogP contribution in [0.5, 0.6) is 0 Å². The topological polar surface area (TPSA) is 3.24 Å². The maximum Gasteiger partial charge on any atom is 0.0798 e. The highest BCUT2D eigenvalue weighted by Gasteiger charge is 2.19. The van der Waals surface area contributed by atoms with E-state index in [1.165, 1.54) is 0 Å². The SMILES string of the molecule is CCN(C)C#CP(=S)(c1ccccc1)c1ccccc1. The van der Waals surface area contributed by atoms with Crippen molar-refractivity contribution in [1.29, 1.82) is 0 Å². The van der Waals surface area contributed by atoms with Crippen LogP contribution in [0, 0.1) is 11.7 Å². The fraction of sp³-hybridized carbons (Fsp3) is 0.176. The Bertz CT molecular complexity index is 612. The molecule has 0 aromatic heterocycles. The summed E-state index contributed by atoms with van der Waals surface area (Å²) in [6.07, 6.45) is 0. The molecule has 2 rings (SSSR count). The van der Waals surface area contributed by atoms with Crippen molar-refractivity contribution in [1.82, 2.24) is 4.90 Å². The van der Waals surface area contributed by atoms with Crippen molar-refractivity contribution >= 4 is 28.5 Å². The summed E-state index contributed by atoms with van der Waals surface area (Å²) >= 11 is 6.01. The van der Waals surface area contributed by atoms with Crippen molar-refractivity contribution in [3.8, 4) is 11.7 Å². The highest BCUT2D eigenvalue weighted by Crippen LogP contribution is 2.42. The molecule has 0 heterocycles. The van der Waals surface area contributed by atoms with E-state index in [0.29, 0.717) is 0 Å². The maximum atomic E-state index is 6.01. The molecule has 0 aliphatic carbocycles. The summed E-state index contributed by atoms with van der Waals surface area (Å²) in [6, 6.07) is 21.7. The summed E-state index contributed by atoms with van der Waals surface area (Å²) in [5.41, 5.74) is 3.38. The predicted molar refractivity (Wildman–Crippen MR) is 92.5 cm³/mol. The summed E-state index contributed by atoms with van der Waals surface area (Å²) in [7, 11) is 1.99. The molecule has 0 amide bonds. The molecule has 0 radical (unpaired) electrons. The van der Waals surface area contributed by atoms with Crippen LogP contribution in [-0.4, -0.2) is 18.5 Å². The van der Waals surface area contributed by atoms with E-state index in [4.69, 9.17) is 11.8 Å². The van der Waals surface area contributed by atoms with Crippen LogP contribution in [-0.2, 0) is 11.8 Å². The molecule has 1 nitrogen and oxygen atoms in total. The quantitative estimate of drug-likeness (QED) is 0.487. The van der Waals surface area contributed by atoms with Gasteiger partial charge in [0, 0.05) is 30.2 Å². The zero-order chi connectivity index (χ0) is 14.4. The molecule has 0 spiro atoms. The summed E-state index contributed by atoms with van der Waals surface area (Å²) < 4.78 is 0. The van der Waals surface area contributed by atoms with Crippen LogP contribution in [0.1, 0.15) is 6.92 Å². The Morgan fingerprint density at radius 2 is 1.40 bits per heavy atom. The molecule has 0 saturated carbocycles. The third kappa shape index (κ3) is 3.31. The molecule has 0 atom stereocenters. The molecule has 20 heavy (non-hydrogen) atoms. The molecule has 0 unspecified atom stereocenters. The molecule has 0 fully saturated rings. The molecule has 0 aliphatic heterocycles. The second kappa shape index (κ2) is 6.75. The van der Waals surface area contributed by atoms with Crippen LogP contribution in [0.2, 0.25) is 0 Å². The molecule has 0 aliphatic rings. The van der Waals surface area contributed by atoms with Crippen LogP contribution < -0.4 is 10.6 Å². The molecular weight excluding hydrogens is 281 g/mol. The average Bonchev–Trinajstić information content (AvgIpc) is 2.54. The van der Waals surface area contributed by atoms with E-state index in [1.54, 1.807) is 0 Å². The minimum absolute atomic E-state index is 0.895. The van der Waals surface area contributed by atoms with Gasteiger partial charge >= 0.3 is 0 Å². The Balaban J connectivity index is 2.55. The Morgan fingerprint density at radius 1 is 0.950 bits per heavy atom. The predicted octanol–water partition coefficient (Wildman–Crippen LogP) is 2.99. The van der Waals surface area contributed by atoms with Gasteiger partial charge in [-0.05, 0) is 12.6 Å². The lowest BCUT2D eigenvalue weighted by molar-refractivity contribution is 0.513. The van der Waals surface area contributed by atoms with Gasteiger partial charge in [0.15, 0.2) is 0 Å². The molecule has 102 valence electrons.